The van der Waals surface area contributed by atoms with Crippen LogP contribution in [0, 0.1) is 0 Å². The van der Waals surface area contributed by atoms with E-state index >= 15 is 0 Å². The van der Waals surface area contributed by atoms with Gasteiger partial charge in [0.25, 0.3) is 5.56 Å². The van der Waals surface area contributed by atoms with Crippen LogP contribution in [-0.4, -0.2) is 16.3 Å². The lowest BCUT2D eigenvalue weighted by molar-refractivity contribution is -0.274. The molecule has 0 aliphatic heterocycles. The maximum atomic E-state index is 12.6. The number of hydrogen-bond donors (Lipinski definition) is 1. The van der Waals surface area contributed by atoms with Crippen LogP contribution in [0.3, 0.4) is 0 Å². The number of halogens is 6. The van der Waals surface area contributed by atoms with Crippen LogP contribution in [0.5, 0.6) is 5.75 Å². The van der Waals surface area contributed by atoms with Crippen LogP contribution in [0.4, 0.5) is 26.3 Å². The molecule has 0 saturated heterocycles. The number of para-hydroxylation sites is 1. The molecule has 0 atom stereocenters. The molecule has 0 saturated carbocycles. The van der Waals surface area contributed by atoms with Gasteiger partial charge in [-0.15, -0.1) is 13.2 Å². The third kappa shape index (κ3) is 3.77. The minimum absolute atomic E-state index is 0.205. The van der Waals surface area contributed by atoms with Gasteiger partial charge in [0.2, 0.25) is 0 Å². The van der Waals surface area contributed by atoms with Crippen molar-refractivity contribution in [2.24, 2.45) is 0 Å². The largest absolute Gasteiger partial charge is 0.573 e. The van der Waals surface area contributed by atoms with Crippen molar-refractivity contribution in [2.75, 3.05) is 0 Å². The molecule has 118 valence electrons. The second-order valence-electron chi connectivity index (χ2n) is 4.02. The molecule has 1 aromatic carbocycles. The van der Waals surface area contributed by atoms with Crippen LogP contribution in [-0.2, 0) is 6.18 Å². The normalized spacial score (nSPS) is 12.3. The number of ether oxygens (including phenoxy) is 1. The van der Waals surface area contributed by atoms with Crippen LogP contribution in [0.15, 0.2) is 35.1 Å². The zero-order valence-corrected chi connectivity index (χ0v) is 10.4. The number of aromatic nitrogens is 2. The van der Waals surface area contributed by atoms with Crippen molar-refractivity contribution in [3.05, 3.63) is 46.4 Å². The van der Waals surface area contributed by atoms with E-state index in [9.17, 15) is 31.1 Å². The first kappa shape index (κ1) is 15.9. The molecule has 10 heteroatoms. The highest BCUT2D eigenvalue weighted by molar-refractivity contribution is 5.63. The lowest BCUT2D eigenvalue weighted by atomic mass is 10.2. The van der Waals surface area contributed by atoms with Crippen molar-refractivity contribution in [1.82, 2.24) is 9.97 Å². The van der Waals surface area contributed by atoms with Gasteiger partial charge in [0, 0.05) is 6.07 Å². The van der Waals surface area contributed by atoms with Gasteiger partial charge in [-0.2, -0.15) is 13.2 Å². The second-order valence-corrected chi connectivity index (χ2v) is 4.02. The van der Waals surface area contributed by atoms with Crippen LogP contribution >= 0.6 is 0 Å². The summed E-state index contributed by atoms with van der Waals surface area (Å²) in [5.74, 6) is -1.46. The van der Waals surface area contributed by atoms with E-state index in [-0.39, 0.29) is 6.07 Å². The predicted octanol–water partition coefficient (Wildman–Crippen LogP) is 3.35. The predicted molar refractivity (Wildman–Crippen MR) is 62.0 cm³/mol. The van der Waals surface area contributed by atoms with Crippen LogP contribution in [0.2, 0.25) is 0 Å². The number of alkyl halides is 6. The molecule has 0 amide bonds. The van der Waals surface area contributed by atoms with Crippen molar-refractivity contribution >= 4 is 0 Å². The molecule has 0 unspecified atom stereocenters. The van der Waals surface area contributed by atoms with E-state index in [1.165, 1.54) is 12.1 Å². The van der Waals surface area contributed by atoms with Crippen LogP contribution < -0.4 is 10.3 Å². The smallest absolute Gasteiger partial charge is 0.405 e. The molecule has 0 fully saturated rings. The molecule has 0 radical (unpaired) electrons. The summed E-state index contributed by atoms with van der Waals surface area (Å²) >= 11 is 0. The summed E-state index contributed by atoms with van der Waals surface area (Å²) in [6.07, 6.45) is -9.96. The molecule has 0 bridgehead atoms. The van der Waals surface area contributed by atoms with Gasteiger partial charge in [-0.3, -0.25) is 4.79 Å². The van der Waals surface area contributed by atoms with Gasteiger partial charge in [0.15, 0.2) is 5.69 Å². The topological polar surface area (TPSA) is 55.0 Å². The maximum Gasteiger partial charge on any atom is 0.573 e. The summed E-state index contributed by atoms with van der Waals surface area (Å²) in [7, 11) is 0. The summed E-state index contributed by atoms with van der Waals surface area (Å²) in [6.45, 7) is 0. The van der Waals surface area contributed by atoms with E-state index in [1.807, 2.05) is 4.98 Å². The fourth-order valence-electron chi connectivity index (χ4n) is 1.61. The Kier molecular flexibility index (Phi) is 3.86. The Bertz CT molecular complexity index is 735. The van der Waals surface area contributed by atoms with Crippen LogP contribution in [0.1, 0.15) is 5.69 Å². The van der Waals surface area contributed by atoms with E-state index in [0.29, 0.717) is 0 Å². The van der Waals surface area contributed by atoms with Crippen LogP contribution in [0.25, 0.3) is 11.4 Å². The Morgan fingerprint density at radius 3 is 2.27 bits per heavy atom. The lowest BCUT2D eigenvalue weighted by Crippen LogP contribution is -2.19. The van der Waals surface area contributed by atoms with E-state index in [4.69, 9.17) is 0 Å². The fraction of sp³-hybridized carbons (Fsp3) is 0.167. The van der Waals surface area contributed by atoms with Gasteiger partial charge in [-0.1, -0.05) is 12.1 Å². The average molecular weight is 324 g/mol. The highest BCUT2D eigenvalue weighted by Gasteiger charge is 2.35. The monoisotopic (exact) mass is 324 g/mol. The first-order chi connectivity index (χ1) is 10.1. The number of rotatable bonds is 2. The molecule has 22 heavy (non-hydrogen) atoms. The molecule has 1 heterocycles. The summed E-state index contributed by atoms with van der Waals surface area (Å²) < 4.78 is 78.4. The Hall–Kier alpha value is -2.52. The quantitative estimate of drug-likeness (QED) is 0.862. The standard InChI is InChI=1S/C12H6F6N2O2/c13-11(14,15)8-5-9(21)20-10(19-8)6-3-1-2-4-7(6)22-12(16,17)18/h1-5H,(H,19,20,21). The molecule has 2 rings (SSSR count). The van der Waals surface area contributed by atoms with Crippen molar-refractivity contribution in [3.63, 3.8) is 0 Å². The van der Waals surface area contributed by atoms with E-state index in [1.54, 1.807) is 0 Å². The first-order valence-electron chi connectivity index (χ1n) is 5.60. The SMILES string of the molecule is O=c1cc(C(F)(F)F)nc(-c2ccccc2OC(F)(F)F)[nH]1. The molecule has 0 aliphatic rings. The summed E-state index contributed by atoms with van der Waals surface area (Å²) in [6, 6.07) is 4.59. The van der Waals surface area contributed by atoms with E-state index in [0.717, 1.165) is 12.1 Å². The molecule has 0 spiro atoms. The van der Waals surface area contributed by atoms with Crippen molar-refractivity contribution in [2.45, 2.75) is 12.5 Å². The third-order valence-electron chi connectivity index (χ3n) is 2.40. The zero-order valence-electron chi connectivity index (χ0n) is 10.4. The minimum Gasteiger partial charge on any atom is -0.405 e. The molecule has 1 aromatic heterocycles. The highest BCUT2D eigenvalue weighted by Crippen LogP contribution is 2.33. The number of nitrogens with one attached hydrogen (secondary N) is 1. The molecule has 4 nitrogen and oxygen atoms in total. The number of hydrogen-bond acceptors (Lipinski definition) is 3. The Balaban J connectivity index is 2.58. The fourth-order valence-corrected chi connectivity index (χ4v) is 1.61. The highest BCUT2D eigenvalue weighted by atomic mass is 19.4. The third-order valence-corrected chi connectivity index (χ3v) is 2.40. The number of H-pyrrole nitrogens is 1. The average Bonchev–Trinajstić information content (AvgIpc) is 2.35. The first-order valence-corrected chi connectivity index (χ1v) is 5.60. The van der Waals surface area contributed by atoms with Gasteiger partial charge < -0.3 is 9.72 Å². The Morgan fingerprint density at radius 2 is 1.68 bits per heavy atom. The van der Waals surface area contributed by atoms with Gasteiger partial charge >= 0.3 is 12.5 Å². The maximum absolute atomic E-state index is 12.6. The molecule has 0 aliphatic carbocycles. The van der Waals surface area contributed by atoms with Crippen molar-refractivity contribution in [1.29, 1.82) is 0 Å². The number of aromatic amines is 1. The van der Waals surface area contributed by atoms with Crippen molar-refractivity contribution in [3.8, 4) is 17.1 Å². The lowest BCUT2D eigenvalue weighted by Gasteiger charge is -2.13. The van der Waals surface area contributed by atoms with Crippen molar-refractivity contribution < 1.29 is 31.1 Å². The molecule has 2 aromatic rings. The minimum atomic E-state index is -5.04. The summed E-state index contributed by atoms with van der Waals surface area (Å²) in [5.41, 5.74) is -3.10. The Labute approximate surface area is 118 Å². The van der Waals surface area contributed by atoms with Gasteiger partial charge in [-0.25, -0.2) is 4.98 Å². The molecular formula is C12H6F6N2O2. The van der Waals surface area contributed by atoms with Gasteiger partial charge in [0.05, 0.1) is 5.56 Å². The van der Waals surface area contributed by atoms with Gasteiger partial charge in [0.1, 0.15) is 11.6 Å². The summed E-state index contributed by atoms with van der Waals surface area (Å²) in [4.78, 5) is 16.4. The number of nitrogens with zero attached hydrogens (tertiary/aromatic N) is 1. The summed E-state index contributed by atoms with van der Waals surface area (Å²) in [5, 5.41) is 0. The number of benzene rings is 1. The zero-order chi connectivity index (χ0) is 16.5. The molecular weight excluding hydrogens is 318 g/mol. The van der Waals surface area contributed by atoms with Gasteiger partial charge in [-0.05, 0) is 12.1 Å². The van der Waals surface area contributed by atoms with E-state index < -0.39 is 40.9 Å². The molecule has 1 N–H and O–H groups in total. The second kappa shape index (κ2) is 5.35. The van der Waals surface area contributed by atoms with E-state index in [2.05, 4.69) is 9.72 Å². The Morgan fingerprint density at radius 1 is 1.05 bits per heavy atom.